The van der Waals surface area contributed by atoms with Gasteiger partial charge in [-0.25, -0.2) is 0 Å². The number of nitrogens with two attached hydrogens (primary N) is 2. The normalized spacial score (nSPS) is 12.2. The molecule has 1 atom stereocenters. The van der Waals surface area contributed by atoms with Gasteiger partial charge in [0.05, 0.1) is 0 Å². The molecule has 0 bridgehead atoms. The standard InChI is InChI=1S/C9H11BrIN3O/c10-6-3-5(1-2-7(6)11)14-4-8(12)9(13)15/h1-3,8,14H,4,12H2,(H2,13,15). The highest BCUT2D eigenvalue weighted by molar-refractivity contribution is 14.1. The molecule has 0 heterocycles. The molecule has 0 aromatic heterocycles. The summed E-state index contributed by atoms with van der Waals surface area (Å²) < 4.78 is 2.12. The van der Waals surface area contributed by atoms with Gasteiger partial charge in [-0.05, 0) is 56.7 Å². The molecule has 0 saturated carbocycles. The molecule has 0 radical (unpaired) electrons. The summed E-state index contributed by atoms with van der Waals surface area (Å²) in [5.41, 5.74) is 11.4. The summed E-state index contributed by atoms with van der Waals surface area (Å²) in [6, 6.07) is 5.14. The number of primary amides is 1. The minimum Gasteiger partial charge on any atom is -0.383 e. The van der Waals surface area contributed by atoms with E-state index in [4.69, 9.17) is 11.5 Å². The van der Waals surface area contributed by atoms with E-state index in [0.29, 0.717) is 6.54 Å². The molecular weight excluding hydrogens is 373 g/mol. The first kappa shape index (κ1) is 12.7. The number of nitrogens with one attached hydrogen (secondary N) is 1. The maximum atomic E-state index is 10.7. The van der Waals surface area contributed by atoms with Gasteiger partial charge in [-0.3, -0.25) is 4.79 Å². The fourth-order valence-corrected chi connectivity index (χ4v) is 1.65. The number of hydrogen-bond donors (Lipinski definition) is 3. The number of anilines is 1. The molecule has 4 nitrogen and oxygen atoms in total. The van der Waals surface area contributed by atoms with Crippen molar-refractivity contribution in [2.45, 2.75) is 6.04 Å². The highest BCUT2D eigenvalue weighted by Gasteiger charge is 2.08. The van der Waals surface area contributed by atoms with Gasteiger partial charge in [-0.2, -0.15) is 0 Å². The van der Waals surface area contributed by atoms with Crippen molar-refractivity contribution in [3.8, 4) is 0 Å². The molecule has 0 aliphatic rings. The minimum absolute atomic E-state index is 0.336. The third kappa shape index (κ3) is 3.96. The monoisotopic (exact) mass is 383 g/mol. The number of carbonyl (C=O) groups excluding carboxylic acids is 1. The zero-order valence-corrected chi connectivity index (χ0v) is 11.6. The molecule has 1 unspecified atom stereocenters. The predicted octanol–water partition coefficient (Wildman–Crippen LogP) is 1.28. The SMILES string of the molecule is NC(=O)C(N)CNc1ccc(I)c(Br)c1. The first-order valence-corrected chi connectivity index (χ1v) is 6.11. The van der Waals surface area contributed by atoms with Crippen LogP contribution in [0.25, 0.3) is 0 Å². The number of benzene rings is 1. The Kier molecular flexibility index (Phi) is 4.81. The topological polar surface area (TPSA) is 81.1 Å². The van der Waals surface area contributed by atoms with Crippen molar-refractivity contribution < 1.29 is 4.79 Å². The van der Waals surface area contributed by atoms with Crippen LogP contribution in [0, 0.1) is 3.57 Å². The van der Waals surface area contributed by atoms with Gasteiger partial charge >= 0.3 is 0 Å². The van der Waals surface area contributed by atoms with Crippen LogP contribution in [-0.4, -0.2) is 18.5 Å². The van der Waals surface area contributed by atoms with Crippen LogP contribution in [-0.2, 0) is 4.79 Å². The molecular formula is C9H11BrIN3O. The number of amides is 1. The van der Waals surface area contributed by atoms with E-state index in [2.05, 4.69) is 43.8 Å². The molecule has 82 valence electrons. The fourth-order valence-electron chi connectivity index (χ4n) is 0.934. The van der Waals surface area contributed by atoms with Gasteiger partial charge in [0, 0.05) is 20.3 Å². The Balaban J connectivity index is 2.58. The largest absolute Gasteiger partial charge is 0.383 e. The van der Waals surface area contributed by atoms with Crippen LogP contribution in [0.2, 0.25) is 0 Å². The second-order valence-electron chi connectivity index (χ2n) is 3.02. The molecule has 1 amide bonds. The molecule has 15 heavy (non-hydrogen) atoms. The van der Waals surface area contributed by atoms with Crippen molar-refractivity contribution in [2.75, 3.05) is 11.9 Å². The van der Waals surface area contributed by atoms with E-state index >= 15 is 0 Å². The lowest BCUT2D eigenvalue weighted by Gasteiger charge is -2.10. The zero-order chi connectivity index (χ0) is 11.4. The lowest BCUT2D eigenvalue weighted by Crippen LogP contribution is -2.41. The Morgan fingerprint density at radius 1 is 1.60 bits per heavy atom. The molecule has 5 N–H and O–H groups in total. The van der Waals surface area contributed by atoms with E-state index in [1.54, 1.807) is 0 Å². The van der Waals surface area contributed by atoms with Gasteiger partial charge in [-0.1, -0.05) is 0 Å². The van der Waals surface area contributed by atoms with Gasteiger partial charge in [-0.15, -0.1) is 0 Å². The Morgan fingerprint density at radius 3 is 2.80 bits per heavy atom. The molecule has 0 aliphatic heterocycles. The average Bonchev–Trinajstić information content (AvgIpc) is 2.19. The Hall–Kier alpha value is -0.340. The highest BCUT2D eigenvalue weighted by atomic mass is 127. The van der Waals surface area contributed by atoms with Gasteiger partial charge < -0.3 is 16.8 Å². The highest BCUT2D eigenvalue weighted by Crippen LogP contribution is 2.22. The van der Waals surface area contributed by atoms with Crippen molar-refractivity contribution >= 4 is 50.1 Å². The van der Waals surface area contributed by atoms with Crippen LogP contribution >= 0.6 is 38.5 Å². The molecule has 0 aliphatic carbocycles. The van der Waals surface area contributed by atoms with E-state index in [1.165, 1.54) is 0 Å². The van der Waals surface area contributed by atoms with Crippen LogP contribution in [0.15, 0.2) is 22.7 Å². The summed E-state index contributed by atoms with van der Waals surface area (Å²) in [5.74, 6) is -0.507. The Labute approximate surface area is 110 Å². The third-order valence-electron chi connectivity index (χ3n) is 1.81. The van der Waals surface area contributed by atoms with Crippen molar-refractivity contribution in [1.29, 1.82) is 0 Å². The summed E-state index contributed by atoms with van der Waals surface area (Å²) in [6.45, 7) is 0.336. The lowest BCUT2D eigenvalue weighted by atomic mass is 10.2. The molecule has 1 aromatic carbocycles. The smallest absolute Gasteiger partial charge is 0.236 e. The molecule has 0 saturated heterocycles. The average molecular weight is 384 g/mol. The first-order chi connectivity index (χ1) is 7.00. The van der Waals surface area contributed by atoms with Crippen molar-refractivity contribution in [3.05, 3.63) is 26.2 Å². The minimum atomic E-state index is -0.664. The summed E-state index contributed by atoms with van der Waals surface area (Å²) in [5, 5.41) is 3.03. The van der Waals surface area contributed by atoms with E-state index < -0.39 is 11.9 Å². The van der Waals surface area contributed by atoms with Gasteiger partial charge in [0.2, 0.25) is 5.91 Å². The number of carbonyl (C=O) groups is 1. The lowest BCUT2D eigenvalue weighted by molar-refractivity contribution is -0.118. The van der Waals surface area contributed by atoms with Gasteiger partial charge in [0.1, 0.15) is 6.04 Å². The van der Waals surface area contributed by atoms with Crippen LogP contribution < -0.4 is 16.8 Å². The summed E-state index contributed by atoms with van der Waals surface area (Å²) in [6.07, 6.45) is 0. The van der Waals surface area contributed by atoms with E-state index in [-0.39, 0.29) is 0 Å². The zero-order valence-electron chi connectivity index (χ0n) is 7.84. The van der Waals surface area contributed by atoms with Crippen LogP contribution in [0.1, 0.15) is 0 Å². The maximum absolute atomic E-state index is 10.7. The van der Waals surface area contributed by atoms with Crippen LogP contribution in [0.3, 0.4) is 0 Å². The van der Waals surface area contributed by atoms with Crippen molar-refractivity contribution in [2.24, 2.45) is 11.5 Å². The summed E-state index contributed by atoms with van der Waals surface area (Å²) >= 11 is 5.63. The van der Waals surface area contributed by atoms with E-state index in [1.807, 2.05) is 18.2 Å². The second kappa shape index (κ2) is 5.66. The molecule has 0 fully saturated rings. The summed E-state index contributed by atoms with van der Waals surface area (Å²) in [7, 11) is 0. The Bertz CT molecular complexity index is 372. The van der Waals surface area contributed by atoms with Crippen molar-refractivity contribution in [1.82, 2.24) is 0 Å². The number of rotatable bonds is 4. The van der Waals surface area contributed by atoms with Crippen LogP contribution in [0.5, 0.6) is 0 Å². The third-order valence-corrected chi connectivity index (χ3v) is 4.15. The second-order valence-corrected chi connectivity index (χ2v) is 5.04. The van der Waals surface area contributed by atoms with Crippen LogP contribution in [0.4, 0.5) is 5.69 Å². The molecule has 1 aromatic rings. The van der Waals surface area contributed by atoms with E-state index in [9.17, 15) is 4.79 Å². The van der Waals surface area contributed by atoms with E-state index in [0.717, 1.165) is 13.7 Å². The number of halogens is 2. The van der Waals surface area contributed by atoms with Gasteiger partial charge in [0.25, 0.3) is 0 Å². The van der Waals surface area contributed by atoms with Gasteiger partial charge in [0.15, 0.2) is 0 Å². The molecule has 0 spiro atoms. The van der Waals surface area contributed by atoms with Crippen molar-refractivity contribution in [3.63, 3.8) is 0 Å². The number of hydrogen-bond acceptors (Lipinski definition) is 3. The summed E-state index contributed by atoms with van der Waals surface area (Å²) in [4.78, 5) is 10.7. The molecule has 1 rings (SSSR count). The fraction of sp³-hybridized carbons (Fsp3) is 0.222. The quantitative estimate of drug-likeness (QED) is 0.685. The predicted molar refractivity (Wildman–Crippen MR) is 72.5 cm³/mol. The molecule has 6 heteroatoms. The Morgan fingerprint density at radius 2 is 2.27 bits per heavy atom. The maximum Gasteiger partial charge on any atom is 0.236 e. The first-order valence-electron chi connectivity index (χ1n) is 4.24.